The number of amides is 1. The minimum atomic E-state index is -1.28. The Morgan fingerprint density at radius 3 is 2.91 bits per heavy atom. The molecule has 1 fully saturated rings. The summed E-state index contributed by atoms with van der Waals surface area (Å²) >= 11 is 0. The Balaban J connectivity index is 2.11. The average Bonchev–Trinajstić information content (AvgIpc) is 3.04. The molecule has 23 heavy (non-hydrogen) atoms. The molecule has 0 radical (unpaired) electrons. The number of fused-ring (bicyclic) bond motifs is 1. The number of methoxy groups -OCH3 is 1. The van der Waals surface area contributed by atoms with Gasteiger partial charge >= 0.3 is 12.1 Å². The molecule has 120 valence electrons. The van der Waals surface area contributed by atoms with E-state index in [2.05, 4.69) is 4.98 Å². The molecule has 1 aliphatic rings. The van der Waals surface area contributed by atoms with Crippen LogP contribution in [0.1, 0.15) is 22.8 Å². The summed E-state index contributed by atoms with van der Waals surface area (Å²) in [5.74, 6) is -1.28. The Morgan fingerprint density at radius 1 is 1.43 bits per heavy atom. The van der Waals surface area contributed by atoms with Gasteiger partial charge in [0.1, 0.15) is 11.2 Å². The number of aromatic nitrogens is 2. The Kier molecular flexibility index (Phi) is 3.73. The fraction of sp³-hybridized carbons (Fsp3) is 0.333. The molecule has 0 spiro atoms. The van der Waals surface area contributed by atoms with Crippen molar-refractivity contribution in [2.75, 3.05) is 20.2 Å². The van der Waals surface area contributed by atoms with Crippen LogP contribution in [0.5, 0.6) is 0 Å². The number of rotatable bonds is 2. The monoisotopic (exact) mass is 317 g/mol. The topological polar surface area (TPSA) is 102 Å². The molecule has 1 aliphatic heterocycles. The fourth-order valence-electron chi connectivity index (χ4n) is 2.88. The molecular formula is C15H15N3O5. The SMILES string of the molecule is COC(=O)N1CCC(n2cc(C(=O)O)c(=O)c3cccnc32)C1. The summed E-state index contributed by atoms with van der Waals surface area (Å²) in [5.41, 5.74) is -0.444. The van der Waals surface area contributed by atoms with E-state index >= 15 is 0 Å². The van der Waals surface area contributed by atoms with Crippen LogP contribution in [-0.2, 0) is 4.74 Å². The van der Waals surface area contributed by atoms with Crippen LogP contribution in [0.2, 0.25) is 0 Å². The Bertz CT molecular complexity index is 845. The zero-order valence-electron chi connectivity index (χ0n) is 12.4. The standard InChI is InChI=1S/C15H15N3O5/c1-23-15(22)17-6-4-9(7-17)18-8-11(14(20)21)12(19)10-3-2-5-16-13(10)18/h2-3,5,8-9H,4,6-7H2,1H3,(H,20,21). The van der Waals surface area contributed by atoms with Gasteiger partial charge in [0.05, 0.1) is 18.5 Å². The highest BCUT2D eigenvalue weighted by molar-refractivity contribution is 5.91. The van der Waals surface area contributed by atoms with Gasteiger partial charge in [-0.3, -0.25) is 4.79 Å². The molecule has 1 amide bonds. The quantitative estimate of drug-likeness (QED) is 0.890. The van der Waals surface area contributed by atoms with Crippen molar-refractivity contribution in [1.82, 2.24) is 14.5 Å². The molecule has 1 N–H and O–H groups in total. The van der Waals surface area contributed by atoms with Gasteiger partial charge < -0.3 is 19.3 Å². The highest BCUT2D eigenvalue weighted by Crippen LogP contribution is 2.25. The average molecular weight is 317 g/mol. The van der Waals surface area contributed by atoms with Crippen LogP contribution in [0.4, 0.5) is 4.79 Å². The van der Waals surface area contributed by atoms with E-state index < -0.39 is 17.5 Å². The molecule has 1 unspecified atom stereocenters. The van der Waals surface area contributed by atoms with E-state index in [0.717, 1.165) is 0 Å². The van der Waals surface area contributed by atoms with E-state index in [9.17, 15) is 19.5 Å². The van der Waals surface area contributed by atoms with E-state index in [1.807, 2.05) is 0 Å². The van der Waals surface area contributed by atoms with Gasteiger partial charge in [0.2, 0.25) is 5.43 Å². The van der Waals surface area contributed by atoms with Crippen molar-refractivity contribution in [2.45, 2.75) is 12.5 Å². The molecule has 2 aromatic heterocycles. The Hall–Kier alpha value is -2.90. The zero-order chi connectivity index (χ0) is 16.6. The molecule has 2 aromatic rings. The number of ether oxygens (including phenoxy) is 1. The molecule has 0 aliphatic carbocycles. The van der Waals surface area contributed by atoms with Crippen LogP contribution in [0, 0.1) is 0 Å². The third-order valence-electron chi connectivity index (χ3n) is 4.01. The summed E-state index contributed by atoms with van der Waals surface area (Å²) in [5, 5.41) is 9.51. The maximum absolute atomic E-state index is 12.2. The van der Waals surface area contributed by atoms with Crippen molar-refractivity contribution < 1.29 is 19.4 Å². The number of likely N-dealkylation sites (tertiary alicyclic amines) is 1. The van der Waals surface area contributed by atoms with Crippen molar-refractivity contribution in [3.05, 3.63) is 40.3 Å². The van der Waals surface area contributed by atoms with Crippen LogP contribution < -0.4 is 5.43 Å². The first-order valence-electron chi connectivity index (χ1n) is 7.09. The van der Waals surface area contributed by atoms with Crippen molar-refractivity contribution in [1.29, 1.82) is 0 Å². The minimum absolute atomic E-state index is 0.162. The third-order valence-corrected chi connectivity index (χ3v) is 4.01. The van der Waals surface area contributed by atoms with Gasteiger partial charge in [0.15, 0.2) is 0 Å². The second-order valence-electron chi connectivity index (χ2n) is 5.32. The number of nitrogens with zero attached hydrogens (tertiary/aromatic N) is 3. The second-order valence-corrected chi connectivity index (χ2v) is 5.32. The van der Waals surface area contributed by atoms with E-state index in [1.54, 1.807) is 22.9 Å². The first kappa shape index (κ1) is 15.0. The largest absolute Gasteiger partial charge is 0.477 e. The van der Waals surface area contributed by atoms with Gasteiger partial charge in [-0.2, -0.15) is 0 Å². The Morgan fingerprint density at radius 2 is 2.22 bits per heavy atom. The van der Waals surface area contributed by atoms with E-state index in [4.69, 9.17) is 4.74 Å². The third kappa shape index (κ3) is 2.52. The van der Waals surface area contributed by atoms with Crippen LogP contribution in [0.25, 0.3) is 11.0 Å². The number of aromatic carboxylic acids is 1. The van der Waals surface area contributed by atoms with Gasteiger partial charge in [-0.05, 0) is 18.6 Å². The lowest BCUT2D eigenvalue weighted by molar-refractivity contribution is 0.0694. The maximum atomic E-state index is 12.2. The summed E-state index contributed by atoms with van der Waals surface area (Å²) < 4.78 is 6.37. The number of pyridine rings is 2. The molecule has 0 saturated carbocycles. The molecule has 8 nitrogen and oxygen atoms in total. The first-order valence-corrected chi connectivity index (χ1v) is 7.09. The van der Waals surface area contributed by atoms with Crippen molar-refractivity contribution in [3.63, 3.8) is 0 Å². The van der Waals surface area contributed by atoms with Crippen LogP contribution >= 0.6 is 0 Å². The molecule has 3 rings (SSSR count). The summed E-state index contributed by atoms with van der Waals surface area (Å²) in [7, 11) is 1.31. The summed E-state index contributed by atoms with van der Waals surface area (Å²) in [6.07, 6.45) is 3.06. The first-order chi connectivity index (χ1) is 11.0. The number of hydrogen-bond donors (Lipinski definition) is 1. The van der Waals surface area contributed by atoms with E-state index in [-0.39, 0.29) is 17.0 Å². The van der Waals surface area contributed by atoms with Crippen molar-refractivity contribution in [2.24, 2.45) is 0 Å². The highest BCUT2D eigenvalue weighted by Gasteiger charge is 2.29. The van der Waals surface area contributed by atoms with Gasteiger partial charge in [0.25, 0.3) is 0 Å². The lowest BCUT2D eigenvalue weighted by atomic mass is 10.1. The van der Waals surface area contributed by atoms with Gasteiger partial charge in [0, 0.05) is 25.5 Å². The smallest absolute Gasteiger partial charge is 0.409 e. The maximum Gasteiger partial charge on any atom is 0.409 e. The molecule has 1 atom stereocenters. The summed E-state index contributed by atoms with van der Waals surface area (Å²) in [6.45, 7) is 0.875. The van der Waals surface area contributed by atoms with Crippen molar-refractivity contribution in [3.8, 4) is 0 Å². The van der Waals surface area contributed by atoms with Crippen LogP contribution in [0.3, 0.4) is 0 Å². The minimum Gasteiger partial charge on any atom is -0.477 e. The summed E-state index contributed by atoms with van der Waals surface area (Å²) in [4.78, 5) is 40.9. The molecular weight excluding hydrogens is 302 g/mol. The molecule has 1 saturated heterocycles. The number of hydrogen-bond acceptors (Lipinski definition) is 5. The predicted molar refractivity (Wildman–Crippen MR) is 80.6 cm³/mol. The Labute approximate surface area is 130 Å². The lowest BCUT2D eigenvalue weighted by Crippen LogP contribution is -2.29. The predicted octanol–water partition coefficient (Wildman–Crippen LogP) is 1.11. The number of carboxylic acids is 1. The van der Waals surface area contributed by atoms with E-state index in [1.165, 1.54) is 18.2 Å². The number of carbonyl (C=O) groups excluding carboxylic acids is 1. The van der Waals surface area contributed by atoms with Crippen molar-refractivity contribution >= 4 is 23.1 Å². The van der Waals surface area contributed by atoms with Gasteiger partial charge in [-0.15, -0.1) is 0 Å². The second kappa shape index (κ2) is 5.71. The normalized spacial score (nSPS) is 17.4. The number of carboxylic acid groups (broad SMARTS) is 1. The fourth-order valence-corrected chi connectivity index (χ4v) is 2.88. The van der Waals surface area contributed by atoms with E-state index in [0.29, 0.717) is 25.2 Å². The lowest BCUT2D eigenvalue weighted by Gasteiger charge is -2.19. The van der Waals surface area contributed by atoms with Crippen LogP contribution in [-0.4, -0.2) is 51.8 Å². The molecule has 0 bridgehead atoms. The molecule has 8 heteroatoms. The van der Waals surface area contributed by atoms with Gasteiger partial charge in [-0.1, -0.05) is 0 Å². The molecule has 0 aromatic carbocycles. The zero-order valence-corrected chi connectivity index (χ0v) is 12.4. The summed E-state index contributed by atoms with van der Waals surface area (Å²) in [6, 6.07) is 2.99. The van der Waals surface area contributed by atoms with Gasteiger partial charge in [-0.25, -0.2) is 14.6 Å². The van der Waals surface area contributed by atoms with Crippen LogP contribution in [0.15, 0.2) is 29.3 Å². The number of carbonyl (C=O) groups is 2. The molecule has 3 heterocycles. The highest BCUT2D eigenvalue weighted by atomic mass is 16.5.